The lowest BCUT2D eigenvalue weighted by Gasteiger charge is -2.41. The van der Waals surface area contributed by atoms with Gasteiger partial charge in [-0.2, -0.15) is 0 Å². The molecule has 0 spiro atoms. The molecule has 3 heterocycles. The van der Waals surface area contributed by atoms with Crippen LogP contribution in [0.5, 0.6) is 5.75 Å². The molecule has 1 fully saturated rings. The molecule has 0 aliphatic carbocycles. The molecule has 50 heavy (non-hydrogen) atoms. The number of methoxy groups -OCH3 is 1. The van der Waals surface area contributed by atoms with Gasteiger partial charge in [-0.05, 0) is 89.8 Å². The second kappa shape index (κ2) is 15.2. The van der Waals surface area contributed by atoms with Crippen LogP contribution in [-0.4, -0.2) is 59.5 Å². The zero-order chi connectivity index (χ0) is 36.2. The summed E-state index contributed by atoms with van der Waals surface area (Å²) < 4.78 is 40.5. The van der Waals surface area contributed by atoms with Crippen LogP contribution in [0.3, 0.4) is 0 Å². The molecule has 2 aromatic carbocycles. The summed E-state index contributed by atoms with van der Waals surface area (Å²) in [6, 6.07) is 14.6. The third kappa shape index (κ3) is 8.28. The molecule has 266 valence electrons. The Hall–Kier alpha value is -4.47. The number of benzene rings is 2. The molecule has 0 bridgehead atoms. The lowest BCUT2D eigenvalue weighted by atomic mass is 9.92. The van der Waals surface area contributed by atoms with Gasteiger partial charge in [-0.3, -0.25) is 4.40 Å². The number of piperidine rings is 1. The van der Waals surface area contributed by atoms with E-state index in [4.69, 9.17) is 23.9 Å². The topological polar surface area (TPSA) is 74.5 Å². The van der Waals surface area contributed by atoms with Crippen molar-refractivity contribution in [1.82, 2.24) is 9.38 Å². The van der Waals surface area contributed by atoms with E-state index in [0.29, 0.717) is 31.9 Å². The van der Waals surface area contributed by atoms with E-state index in [-0.39, 0.29) is 17.5 Å². The van der Waals surface area contributed by atoms with Gasteiger partial charge >= 0.3 is 5.97 Å². The SMILES string of the molecule is C=CCOC1(C)CCN(c2c(C(OC(C)(C)C)C(=O)OC)c(C)cc3nc(-c4cccc(-c5ccc(F)cc5O[C@@H](C)CC=C)c4)cn23)CC1. The molecule has 0 amide bonds. The molecule has 4 aromatic rings. The van der Waals surface area contributed by atoms with Gasteiger partial charge in [0.25, 0.3) is 0 Å². The minimum Gasteiger partial charge on any atom is -0.490 e. The number of halogens is 1. The van der Waals surface area contributed by atoms with E-state index in [1.165, 1.54) is 19.2 Å². The van der Waals surface area contributed by atoms with Crippen molar-refractivity contribution in [3.63, 3.8) is 0 Å². The summed E-state index contributed by atoms with van der Waals surface area (Å²) in [5, 5.41) is 0. The van der Waals surface area contributed by atoms with Gasteiger partial charge in [-0.15, -0.1) is 13.2 Å². The summed E-state index contributed by atoms with van der Waals surface area (Å²) in [5.74, 6) is 0.477. The minimum absolute atomic E-state index is 0.164. The lowest BCUT2D eigenvalue weighted by molar-refractivity contribution is -0.164. The number of imidazole rings is 1. The van der Waals surface area contributed by atoms with Gasteiger partial charge in [0.2, 0.25) is 0 Å². The van der Waals surface area contributed by atoms with Gasteiger partial charge in [0.1, 0.15) is 23.0 Å². The number of carbonyl (C=O) groups excluding carboxylic acids is 1. The van der Waals surface area contributed by atoms with Crippen LogP contribution in [0.25, 0.3) is 28.0 Å². The molecule has 8 nitrogen and oxygen atoms in total. The number of anilines is 1. The maximum absolute atomic E-state index is 14.4. The average Bonchev–Trinajstić information content (AvgIpc) is 3.49. The first-order chi connectivity index (χ1) is 23.8. The highest BCUT2D eigenvalue weighted by Crippen LogP contribution is 2.40. The van der Waals surface area contributed by atoms with Gasteiger partial charge in [-0.25, -0.2) is 14.2 Å². The molecule has 5 rings (SSSR count). The Morgan fingerprint density at radius 1 is 1.08 bits per heavy atom. The number of nitrogens with zero attached hydrogens (tertiary/aromatic N) is 3. The van der Waals surface area contributed by atoms with Crippen molar-refractivity contribution >= 4 is 17.4 Å². The lowest BCUT2D eigenvalue weighted by Crippen LogP contribution is -2.45. The van der Waals surface area contributed by atoms with Crippen LogP contribution in [-0.2, 0) is 19.0 Å². The molecule has 0 radical (unpaired) electrons. The molecule has 1 aliphatic rings. The Labute approximate surface area is 295 Å². The van der Waals surface area contributed by atoms with E-state index in [9.17, 15) is 9.18 Å². The second-order valence-electron chi connectivity index (χ2n) is 14.3. The largest absolute Gasteiger partial charge is 0.490 e. The van der Waals surface area contributed by atoms with Crippen molar-refractivity contribution < 1.29 is 28.1 Å². The quantitative estimate of drug-likeness (QED) is 0.103. The van der Waals surface area contributed by atoms with E-state index in [1.807, 2.05) is 71.1 Å². The van der Waals surface area contributed by atoms with Gasteiger partial charge in [-0.1, -0.05) is 30.4 Å². The van der Waals surface area contributed by atoms with Crippen molar-refractivity contribution in [3.05, 3.63) is 97.0 Å². The first-order valence-electron chi connectivity index (χ1n) is 17.2. The summed E-state index contributed by atoms with van der Waals surface area (Å²) in [6.45, 7) is 21.4. The molecule has 1 unspecified atom stereocenters. The van der Waals surface area contributed by atoms with E-state index in [1.54, 1.807) is 18.2 Å². The number of hydrogen-bond donors (Lipinski definition) is 0. The third-order valence-electron chi connectivity index (χ3n) is 9.03. The van der Waals surface area contributed by atoms with Crippen molar-refractivity contribution in [2.24, 2.45) is 0 Å². The van der Waals surface area contributed by atoms with Gasteiger partial charge in [0, 0.05) is 48.5 Å². The number of fused-ring (bicyclic) bond motifs is 1. The standard InChI is InChI=1S/C41H50FN3O5/c1-10-13-28(4)49-34-25-31(42)16-17-32(34)29-14-12-15-30(24-29)33-26-45-35(43-33)23-27(3)36(37(39(46)47-9)50-40(5,6)7)38(45)44-20-18-41(8,19-21-44)48-22-11-2/h10-12,14-17,23-26,28,37H,1-2,13,18-22H2,3-9H3/t28-,37?/m0/s1. The Balaban J connectivity index is 1.64. The van der Waals surface area contributed by atoms with Gasteiger partial charge in [0.05, 0.1) is 36.7 Å². The summed E-state index contributed by atoms with van der Waals surface area (Å²) in [7, 11) is 1.39. The molecule has 0 N–H and O–H groups in total. The fourth-order valence-electron chi connectivity index (χ4n) is 6.49. The Bertz CT molecular complexity index is 1850. The van der Waals surface area contributed by atoms with Gasteiger partial charge in [0.15, 0.2) is 6.10 Å². The predicted octanol–water partition coefficient (Wildman–Crippen LogP) is 9.05. The van der Waals surface area contributed by atoms with Crippen LogP contribution in [0, 0.1) is 12.7 Å². The summed E-state index contributed by atoms with van der Waals surface area (Å²) in [6.07, 6.45) is 6.66. The monoisotopic (exact) mass is 683 g/mol. The van der Waals surface area contributed by atoms with E-state index in [0.717, 1.165) is 57.8 Å². The van der Waals surface area contributed by atoms with Crippen molar-refractivity contribution in [3.8, 4) is 28.1 Å². The molecule has 1 saturated heterocycles. The molecule has 2 aromatic heterocycles. The van der Waals surface area contributed by atoms with E-state index in [2.05, 4.69) is 29.4 Å². The molecular weight excluding hydrogens is 633 g/mol. The molecule has 0 saturated carbocycles. The maximum Gasteiger partial charge on any atom is 0.339 e. The zero-order valence-electron chi connectivity index (χ0n) is 30.4. The maximum atomic E-state index is 14.4. The van der Waals surface area contributed by atoms with Crippen LogP contribution < -0.4 is 9.64 Å². The Morgan fingerprint density at radius 3 is 2.46 bits per heavy atom. The number of aryl methyl sites for hydroxylation is 1. The first kappa shape index (κ1) is 36.8. The number of hydrogen-bond acceptors (Lipinski definition) is 7. The fourth-order valence-corrected chi connectivity index (χ4v) is 6.49. The van der Waals surface area contributed by atoms with Crippen molar-refractivity contribution in [2.75, 3.05) is 31.7 Å². The van der Waals surface area contributed by atoms with Crippen molar-refractivity contribution in [1.29, 1.82) is 0 Å². The fraction of sp³-hybridized carbons (Fsp3) is 0.415. The Kier molecular flexibility index (Phi) is 11.2. The second-order valence-corrected chi connectivity index (χ2v) is 14.3. The van der Waals surface area contributed by atoms with Crippen LogP contribution in [0.15, 0.2) is 80.0 Å². The number of esters is 1. The van der Waals surface area contributed by atoms with E-state index >= 15 is 0 Å². The van der Waals surface area contributed by atoms with Crippen molar-refractivity contribution in [2.45, 2.75) is 84.2 Å². The highest BCUT2D eigenvalue weighted by atomic mass is 19.1. The zero-order valence-corrected chi connectivity index (χ0v) is 30.4. The summed E-state index contributed by atoms with van der Waals surface area (Å²) >= 11 is 0. The number of ether oxygens (including phenoxy) is 4. The van der Waals surface area contributed by atoms with Crippen LogP contribution in [0.2, 0.25) is 0 Å². The highest BCUT2D eigenvalue weighted by Gasteiger charge is 2.37. The molecule has 1 aliphatic heterocycles. The minimum atomic E-state index is -0.959. The van der Waals surface area contributed by atoms with E-state index < -0.39 is 17.7 Å². The average molecular weight is 684 g/mol. The summed E-state index contributed by atoms with van der Waals surface area (Å²) in [4.78, 5) is 20.8. The van der Waals surface area contributed by atoms with Crippen LogP contribution >= 0.6 is 0 Å². The third-order valence-corrected chi connectivity index (χ3v) is 9.03. The highest BCUT2D eigenvalue weighted by molar-refractivity contribution is 5.81. The van der Waals surface area contributed by atoms with Gasteiger partial charge < -0.3 is 23.8 Å². The van der Waals surface area contributed by atoms with Crippen LogP contribution in [0.4, 0.5) is 10.2 Å². The molecule has 9 heteroatoms. The number of pyridine rings is 1. The number of rotatable bonds is 13. The van der Waals surface area contributed by atoms with Crippen LogP contribution in [0.1, 0.15) is 71.1 Å². The molecule has 2 atom stereocenters. The smallest absolute Gasteiger partial charge is 0.339 e. The summed E-state index contributed by atoms with van der Waals surface area (Å²) in [5.41, 5.74) is 4.72. The normalized spacial score (nSPS) is 15.8. The number of aromatic nitrogens is 2. The predicted molar refractivity (Wildman–Crippen MR) is 197 cm³/mol. The Morgan fingerprint density at radius 2 is 1.80 bits per heavy atom. The first-order valence-corrected chi connectivity index (χ1v) is 17.2. The number of carbonyl (C=O) groups is 1. The molecular formula is C41H50FN3O5.